The van der Waals surface area contributed by atoms with Gasteiger partial charge in [-0.2, -0.15) is 0 Å². The third-order valence-electron chi connectivity index (χ3n) is 0. The van der Waals surface area contributed by atoms with Crippen molar-refractivity contribution in [2.75, 3.05) is 0 Å². The molecule has 0 aromatic heterocycles. The van der Waals surface area contributed by atoms with Gasteiger partial charge in [0.25, 0.3) is 0 Å². The number of hydrogen-bond acceptors (Lipinski definition) is 1. The van der Waals surface area contributed by atoms with Gasteiger partial charge in [0.05, 0.1) is 0 Å². The molecule has 0 aromatic carbocycles. The molecule has 0 bridgehead atoms. The van der Waals surface area contributed by atoms with Crippen LogP contribution in [0.4, 0.5) is 0 Å². The van der Waals surface area contributed by atoms with E-state index >= 15 is 0 Å². The summed E-state index contributed by atoms with van der Waals surface area (Å²) in [4.78, 5) is 21.6. The summed E-state index contributed by atoms with van der Waals surface area (Å²) < 4.78 is 8.88. The van der Waals surface area contributed by atoms with Crippen LogP contribution in [0.5, 0.6) is 0 Å². The van der Waals surface area contributed by atoms with Gasteiger partial charge in [0.2, 0.25) is 0 Å². The van der Waals surface area contributed by atoms with Crippen molar-refractivity contribution in [3.63, 3.8) is 0 Å². The molecular formula is H3AlBr3O4P. The zero-order chi connectivity index (χ0) is 4.50. The Morgan fingerprint density at radius 3 is 0.889 bits per heavy atom. The minimum absolute atomic E-state index is 0. The number of phosphoric acid groups is 1. The van der Waals surface area contributed by atoms with Crippen LogP contribution < -0.4 is 50.9 Å². The van der Waals surface area contributed by atoms with E-state index in [9.17, 15) is 0 Å². The second-order valence-electron chi connectivity index (χ2n) is 0.513. The fourth-order valence-corrected chi connectivity index (χ4v) is 0. The number of halogens is 3. The van der Waals surface area contributed by atoms with E-state index in [2.05, 4.69) is 0 Å². The first-order valence-corrected chi connectivity index (χ1v) is 2.35. The SMILES string of the molecule is O=P(O)(O)O.[Al+3].[Br-].[Br-].[Br-]. The van der Waals surface area contributed by atoms with Crippen molar-refractivity contribution in [1.29, 1.82) is 0 Å². The van der Waals surface area contributed by atoms with Crippen LogP contribution in [0.3, 0.4) is 0 Å². The minimum atomic E-state index is -4.64. The van der Waals surface area contributed by atoms with E-state index in [0.29, 0.717) is 0 Å². The summed E-state index contributed by atoms with van der Waals surface area (Å²) in [5.74, 6) is 0. The van der Waals surface area contributed by atoms with Gasteiger partial charge in [-0.3, -0.25) is 0 Å². The predicted octanol–water partition coefficient (Wildman–Crippen LogP) is -10.3. The van der Waals surface area contributed by atoms with E-state index in [4.69, 9.17) is 19.2 Å². The monoisotopic (exact) mass is 362 g/mol. The molecule has 0 saturated heterocycles. The largest absolute Gasteiger partial charge is 3.00 e. The van der Waals surface area contributed by atoms with E-state index in [1.165, 1.54) is 0 Å². The second-order valence-corrected chi connectivity index (χ2v) is 1.54. The zero-order valence-electron chi connectivity index (χ0n) is 3.91. The van der Waals surface area contributed by atoms with Crippen LogP contribution in [-0.2, 0) is 4.57 Å². The Balaban J connectivity index is -0.0000000133. The Morgan fingerprint density at radius 2 is 0.889 bits per heavy atom. The second kappa shape index (κ2) is 12.7. The summed E-state index contributed by atoms with van der Waals surface area (Å²) in [5.41, 5.74) is 0. The maximum atomic E-state index is 8.88. The van der Waals surface area contributed by atoms with Gasteiger partial charge in [-0.25, -0.2) is 4.57 Å². The van der Waals surface area contributed by atoms with E-state index in [1.807, 2.05) is 0 Å². The van der Waals surface area contributed by atoms with Gasteiger partial charge < -0.3 is 65.6 Å². The molecule has 0 rings (SSSR count). The van der Waals surface area contributed by atoms with Crippen LogP contribution in [-0.4, -0.2) is 32.0 Å². The van der Waals surface area contributed by atoms with E-state index in [-0.39, 0.29) is 68.3 Å². The van der Waals surface area contributed by atoms with Crippen LogP contribution in [0.2, 0.25) is 0 Å². The summed E-state index contributed by atoms with van der Waals surface area (Å²) in [5, 5.41) is 0. The smallest absolute Gasteiger partial charge is 1.00 e. The molecule has 0 aliphatic carbocycles. The van der Waals surface area contributed by atoms with Gasteiger partial charge in [-0.15, -0.1) is 0 Å². The van der Waals surface area contributed by atoms with E-state index in [0.717, 1.165) is 0 Å². The first-order chi connectivity index (χ1) is 2.00. The Morgan fingerprint density at radius 1 is 0.889 bits per heavy atom. The minimum Gasteiger partial charge on any atom is -1.00 e. The first-order valence-electron chi connectivity index (χ1n) is 0.783. The standard InChI is InChI=1S/Al.3BrH.H3O4P/c;;;;1-5(2,3)4/h;3*1H;(H3,1,2,3,4)/q+3;;;;/p-3. The molecule has 9 heavy (non-hydrogen) atoms. The molecule has 0 radical (unpaired) electrons. The molecule has 0 fully saturated rings. The van der Waals surface area contributed by atoms with Crippen molar-refractivity contribution in [2.45, 2.75) is 0 Å². The molecule has 0 saturated carbocycles. The molecule has 4 nitrogen and oxygen atoms in total. The van der Waals surface area contributed by atoms with Crippen LogP contribution in [0.1, 0.15) is 0 Å². The van der Waals surface area contributed by atoms with Crippen molar-refractivity contribution < 1.29 is 70.2 Å². The molecule has 0 aliphatic heterocycles. The molecule has 9 heteroatoms. The summed E-state index contributed by atoms with van der Waals surface area (Å²) in [7, 11) is -4.64. The normalized spacial score (nSPS) is 6.56. The summed E-state index contributed by atoms with van der Waals surface area (Å²) in [6.45, 7) is 0. The Labute approximate surface area is 94.7 Å². The van der Waals surface area contributed by atoms with E-state index < -0.39 is 7.82 Å². The summed E-state index contributed by atoms with van der Waals surface area (Å²) in [6.07, 6.45) is 0. The molecule has 0 amide bonds. The van der Waals surface area contributed by atoms with Crippen molar-refractivity contribution in [1.82, 2.24) is 0 Å². The van der Waals surface area contributed by atoms with Crippen molar-refractivity contribution in [3.8, 4) is 0 Å². The molecule has 0 atom stereocenters. The van der Waals surface area contributed by atoms with Crippen LogP contribution in [0, 0.1) is 0 Å². The summed E-state index contributed by atoms with van der Waals surface area (Å²) in [6, 6.07) is 0. The van der Waals surface area contributed by atoms with Crippen LogP contribution in [0.25, 0.3) is 0 Å². The van der Waals surface area contributed by atoms with Gasteiger partial charge in [0.15, 0.2) is 0 Å². The average Bonchev–Trinajstić information content (AvgIpc) is 0.722. The fraction of sp³-hybridized carbons (Fsp3) is 0. The summed E-state index contributed by atoms with van der Waals surface area (Å²) >= 11 is 0. The van der Waals surface area contributed by atoms with Crippen molar-refractivity contribution in [2.24, 2.45) is 0 Å². The zero-order valence-corrected chi connectivity index (χ0v) is 10.7. The Bertz CT molecular complexity index is 61.9. The number of rotatable bonds is 0. The molecule has 56 valence electrons. The Kier molecular flexibility index (Phi) is 43.1. The third-order valence-corrected chi connectivity index (χ3v) is 0. The molecule has 3 N–H and O–H groups in total. The Hall–Kier alpha value is 2.08. The van der Waals surface area contributed by atoms with Gasteiger partial charge in [-0.1, -0.05) is 0 Å². The van der Waals surface area contributed by atoms with Gasteiger partial charge in [0.1, 0.15) is 0 Å². The van der Waals surface area contributed by atoms with Crippen LogP contribution in [0.15, 0.2) is 0 Å². The van der Waals surface area contributed by atoms with Crippen molar-refractivity contribution in [3.05, 3.63) is 0 Å². The van der Waals surface area contributed by atoms with Crippen LogP contribution >= 0.6 is 7.82 Å². The molecule has 0 aliphatic rings. The molecule has 0 heterocycles. The molecule has 0 aromatic rings. The fourth-order valence-electron chi connectivity index (χ4n) is 0. The van der Waals surface area contributed by atoms with Crippen molar-refractivity contribution >= 4 is 25.2 Å². The molecular weight excluding hydrogens is 362 g/mol. The van der Waals surface area contributed by atoms with E-state index in [1.54, 1.807) is 0 Å². The molecule has 0 spiro atoms. The topological polar surface area (TPSA) is 77.8 Å². The average molecular weight is 365 g/mol. The maximum absolute atomic E-state index is 8.88. The third kappa shape index (κ3) is 152. The van der Waals surface area contributed by atoms with Gasteiger partial charge in [0, 0.05) is 0 Å². The maximum Gasteiger partial charge on any atom is 3.00 e. The predicted molar refractivity (Wildman–Crippen MR) is 20.0 cm³/mol. The number of hydrogen-bond donors (Lipinski definition) is 3. The van der Waals surface area contributed by atoms with Gasteiger partial charge >= 0.3 is 25.2 Å². The first kappa shape index (κ1) is 30.5. The quantitative estimate of drug-likeness (QED) is 0.295. The van der Waals surface area contributed by atoms with Gasteiger partial charge in [-0.05, 0) is 0 Å². The molecule has 0 unspecified atom stereocenters.